The minimum atomic E-state index is -0.444. The number of methoxy groups -OCH3 is 2. The first-order valence-corrected chi connectivity index (χ1v) is 4.97. The van der Waals surface area contributed by atoms with E-state index in [1.807, 2.05) is 24.3 Å². The summed E-state index contributed by atoms with van der Waals surface area (Å²) in [6.07, 6.45) is -0.444. The molecule has 0 aromatic heterocycles. The average molecular weight is 231 g/mol. The van der Waals surface area contributed by atoms with Crippen molar-refractivity contribution in [3.63, 3.8) is 0 Å². The lowest BCUT2D eigenvalue weighted by atomic mass is 10.1. The molecule has 5 heteroatoms. The van der Waals surface area contributed by atoms with E-state index in [0.29, 0.717) is 0 Å². The topological polar surface area (TPSA) is 67.2 Å². The SMILES string of the molecule is COC(OC)c1ccccc1C#CCN=[N+]=[N-]. The van der Waals surface area contributed by atoms with Gasteiger partial charge in [-0.2, -0.15) is 0 Å². The van der Waals surface area contributed by atoms with Gasteiger partial charge in [0.1, 0.15) is 0 Å². The molecular formula is C12H13N3O2. The number of rotatable bonds is 4. The zero-order chi connectivity index (χ0) is 12.5. The predicted octanol–water partition coefficient (Wildman–Crippen LogP) is 2.64. The molecule has 17 heavy (non-hydrogen) atoms. The van der Waals surface area contributed by atoms with E-state index in [2.05, 4.69) is 21.9 Å². The highest BCUT2D eigenvalue weighted by Crippen LogP contribution is 2.20. The lowest BCUT2D eigenvalue weighted by molar-refractivity contribution is -0.106. The fourth-order valence-electron chi connectivity index (χ4n) is 1.37. The Kier molecular flexibility index (Phi) is 5.62. The van der Waals surface area contributed by atoms with Gasteiger partial charge < -0.3 is 9.47 Å². The quantitative estimate of drug-likeness (QED) is 0.263. The van der Waals surface area contributed by atoms with E-state index in [4.69, 9.17) is 15.0 Å². The zero-order valence-corrected chi connectivity index (χ0v) is 9.75. The third-order valence-corrected chi connectivity index (χ3v) is 2.08. The highest BCUT2D eigenvalue weighted by molar-refractivity contribution is 5.42. The van der Waals surface area contributed by atoms with Crippen LogP contribution in [0.1, 0.15) is 17.4 Å². The van der Waals surface area contributed by atoms with Crippen molar-refractivity contribution in [2.75, 3.05) is 20.8 Å². The molecule has 88 valence electrons. The smallest absolute Gasteiger partial charge is 0.184 e. The van der Waals surface area contributed by atoms with E-state index >= 15 is 0 Å². The van der Waals surface area contributed by atoms with Gasteiger partial charge in [-0.25, -0.2) is 0 Å². The predicted molar refractivity (Wildman–Crippen MR) is 64.1 cm³/mol. The highest BCUT2D eigenvalue weighted by Gasteiger charge is 2.11. The lowest BCUT2D eigenvalue weighted by Gasteiger charge is -2.14. The number of nitrogens with zero attached hydrogens (tertiary/aromatic N) is 3. The van der Waals surface area contributed by atoms with Gasteiger partial charge in [0.25, 0.3) is 0 Å². The van der Waals surface area contributed by atoms with Gasteiger partial charge in [-0.15, -0.1) is 0 Å². The Hall–Kier alpha value is -1.99. The monoisotopic (exact) mass is 231 g/mol. The molecule has 0 aliphatic heterocycles. The molecule has 0 aliphatic carbocycles. The van der Waals surface area contributed by atoms with Crippen molar-refractivity contribution in [2.24, 2.45) is 5.11 Å². The minimum Gasteiger partial charge on any atom is -0.352 e. The molecule has 0 heterocycles. The van der Waals surface area contributed by atoms with Crippen LogP contribution in [0.25, 0.3) is 10.4 Å². The Morgan fingerprint density at radius 3 is 2.71 bits per heavy atom. The standard InChI is InChI=1S/C12H13N3O2/c1-16-12(17-2)11-8-4-3-6-10(11)7-5-9-14-15-13/h3-4,6,8,12H,9H2,1-2H3. The van der Waals surface area contributed by atoms with Gasteiger partial charge in [-0.05, 0) is 11.6 Å². The number of azide groups is 1. The molecule has 0 saturated carbocycles. The van der Waals surface area contributed by atoms with Crippen LogP contribution >= 0.6 is 0 Å². The molecule has 1 aromatic carbocycles. The summed E-state index contributed by atoms with van der Waals surface area (Å²) < 4.78 is 10.4. The van der Waals surface area contributed by atoms with Crippen LogP contribution in [-0.4, -0.2) is 20.8 Å². The number of ether oxygens (including phenoxy) is 2. The molecule has 0 fully saturated rings. The van der Waals surface area contributed by atoms with Crippen molar-refractivity contribution in [3.05, 3.63) is 45.8 Å². The molecule has 0 unspecified atom stereocenters. The molecule has 0 amide bonds. The number of benzene rings is 1. The molecule has 5 nitrogen and oxygen atoms in total. The van der Waals surface area contributed by atoms with E-state index in [-0.39, 0.29) is 6.54 Å². The fraction of sp³-hybridized carbons (Fsp3) is 0.333. The van der Waals surface area contributed by atoms with Crippen LogP contribution in [0.2, 0.25) is 0 Å². The first-order chi connectivity index (χ1) is 8.33. The van der Waals surface area contributed by atoms with Crippen LogP contribution in [0, 0.1) is 11.8 Å². The molecule has 0 spiro atoms. The van der Waals surface area contributed by atoms with E-state index in [1.165, 1.54) is 0 Å². The van der Waals surface area contributed by atoms with Gasteiger partial charge in [-0.3, -0.25) is 0 Å². The van der Waals surface area contributed by atoms with Crippen LogP contribution in [0.5, 0.6) is 0 Å². The minimum absolute atomic E-state index is 0.148. The molecule has 0 saturated heterocycles. The molecule has 0 N–H and O–H groups in total. The molecule has 0 atom stereocenters. The normalized spacial score (nSPS) is 9.35. The Balaban J connectivity index is 2.97. The molecule has 0 bridgehead atoms. The van der Waals surface area contributed by atoms with Crippen LogP contribution in [0.3, 0.4) is 0 Å². The van der Waals surface area contributed by atoms with Gasteiger partial charge >= 0.3 is 0 Å². The Bertz CT molecular complexity index is 466. The van der Waals surface area contributed by atoms with Crippen molar-refractivity contribution in [1.82, 2.24) is 0 Å². The van der Waals surface area contributed by atoms with Crippen molar-refractivity contribution in [1.29, 1.82) is 0 Å². The Labute approximate surface area is 100.0 Å². The van der Waals surface area contributed by atoms with E-state index in [1.54, 1.807) is 14.2 Å². The maximum atomic E-state index is 8.13. The second kappa shape index (κ2) is 7.31. The van der Waals surface area contributed by atoms with Crippen molar-refractivity contribution >= 4 is 0 Å². The third-order valence-electron chi connectivity index (χ3n) is 2.08. The fourth-order valence-corrected chi connectivity index (χ4v) is 1.37. The van der Waals surface area contributed by atoms with E-state index in [0.717, 1.165) is 11.1 Å². The average Bonchev–Trinajstić information content (AvgIpc) is 2.38. The van der Waals surface area contributed by atoms with Crippen LogP contribution < -0.4 is 0 Å². The molecule has 1 aromatic rings. The second-order valence-corrected chi connectivity index (χ2v) is 3.08. The van der Waals surface area contributed by atoms with Crippen LogP contribution in [-0.2, 0) is 9.47 Å². The van der Waals surface area contributed by atoms with Crippen LogP contribution in [0.4, 0.5) is 0 Å². The van der Waals surface area contributed by atoms with Gasteiger partial charge in [0, 0.05) is 30.3 Å². The second-order valence-electron chi connectivity index (χ2n) is 3.08. The lowest BCUT2D eigenvalue weighted by Crippen LogP contribution is -2.05. The molecule has 1 rings (SSSR count). The van der Waals surface area contributed by atoms with Crippen molar-refractivity contribution in [3.8, 4) is 11.8 Å². The highest BCUT2D eigenvalue weighted by atomic mass is 16.7. The summed E-state index contributed by atoms with van der Waals surface area (Å²) in [6.45, 7) is 0.148. The summed E-state index contributed by atoms with van der Waals surface area (Å²) in [5.74, 6) is 5.69. The van der Waals surface area contributed by atoms with Crippen LogP contribution in [0.15, 0.2) is 29.4 Å². The number of hydrogen-bond acceptors (Lipinski definition) is 3. The molecule has 0 radical (unpaired) electrons. The maximum Gasteiger partial charge on any atom is 0.184 e. The van der Waals surface area contributed by atoms with Crippen molar-refractivity contribution in [2.45, 2.75) is 6.29 Å². The van der Waals surface area contributed by atoms with Gasteiger partial charge in [0.15, 0.2) is 6.29 Å². The Morgan fingerprint density at radius 2 is 2.06 bits per heavy atom. The maximum absolute atomic E-state index is 8.13. The first-order valence-electron chi connectivity index (χ1n) is 4.97. The Morgan fingerprint density at radius 1 is 1.35 bits per heavy atom. The summed E-state index contributed by atoms with van der Waals surface area (Å²) in [4.78, 5) is 2.63. The number of hydrogen-bond donors (Lipinski definition) is 0. The molecule has 0 aliphatic rings. The van der Waals surface area contributed by atoms with Crippen molar-refractivity contribution < 1.29 is 9.47 Å². The van der Waals surface area contributed by atoms with E-state index in [9.17, 15) is 0 Å². The van der Waals surface area contributed by atoms with Gasteiger partial charge in [0.2, 0.25) is 0 Å². The summed E-state index contributed by atoms with van der Waals surface area (Å²) in [5, 5.41) is 3.35. The summed E-state index contributed by atoms with van der Waals surface area (Å²) >= 11 is 0. The van der Waals surface area contributed by atoms with E-state index < -0.39 is 6.29 Å². The summed E-state index contributed by atoms with van der Waals surface area (Å²) in [5.41, 5.74) is 9.79. The largest absolute Gasteiger partial charge is 0.352 e. The van der Waals surface area contributed by atoms with Gasteiger partial charge in [-0.1, -0.05) is 35.2 Å². The summed E-state index contributed by atoms with van der Waals surface area (Å²) in [7, 11) is 3.14. The first kappa shape index (κ1) is 13.1. The molecular weight excluding hydrogens is 218 g/mol. The summed E-state index contributed by atoms with van der Waals surface area (Å²) in [6, 6.07) is 7.52. The third kappa shape index (κ3) is 3.82. The zero-order valence-electron chi connectivity index (χ0n) is 9.75. The van der Waals surface area contributed by atoms with Gasteiger partial charge in [0.05, 0.1) is 6.54 Å².